The molecule has 106 valence electrons. The van der Waals surface area contributed by atoms with Crippen LogP contribution in [-0.4, -0.2) is 13.7 Å². The van der Waals surface area contributed by atoms with Crippen molar-refractivity contribution < 1.29 is 4.74 Å². The van der Waals surface area contributed by atoms with E-state index >= 15 is 0 Å². The van der Waals surface area contributed by atoms with E-state index < -0.39 is 0 Å². The lowest BCUT2D eigenvalue weighted by molar-refractivity contribution is 0.414. The maximum absolute atomic E-state index is 5.23. The molecule has 20 heavy (non-hydrogen) atoms. The zero-order valence-corrected chi connectivity index (χ0v) is 13.7. The average molecular weight is 334 g/mol. The van der Waals surface area contributed by atoms with Gasteiger partial charge in [0.25, 0.3) is 0 Å². The summed E-state index contributed by atoms with van der Waals surface area (Å²) in [6, 6.07) is 14.9. The van der Waals surface area contributed by atoms with Crippen molar-refractivity contribution in [3.8, 4) is 5.75 Å². The van der Waals surface area contributed by atoms with Crippen LogP contribution in [0.1, 0.15) is 29.7 Å². The number of rotatable bonds is 5. The van der Waals surface area contributed by atoms with Crippen LogP contribution >= 0.6 is 15.9 Å². The predicted molar refractivity (Wildman–Crippen MR) is 87.4 cm³/mol. The highest BCUT2D eigenvalue weighted by molar-refractivity contribution is 9.10. The molecule has 1 N–H and O–H groups in total. The molecule has 0 saturated heterocycles. The topological polar surface area (TPSA) is 21.3 Å². The molecular formula is C17H20BrNO. The maximum atomic E-state index is 5.23. The first kappa shape index (κ1) is 15.1. The summed E-state index contributed by atoms with van der Waals surface area (Å²) in [5.74, 6) is 0.884. The minimum atomic E-state index is 0.198. The fourth-order valence-corrected chi connectivity index (χ4v) is 2.71. The number of benzene rings is 2. The van der Waals surface area contributed by atoms with Crippen molar-refractivity contribution in [2.75, 3.05) is 13.7 Å². The van der Waals surface area contributed by atoms with Crippen molar-refractivity contribution in [2.45, 2.75) is 19.9 Å². The molecule has 0 aliphatic carbocycles. The Hall–Kier alpha value is -1.32. The van der Waals surface area contributed by atoms with Gasteiger partial charge in [0.05, 0.1) is 13.2 Å². The van der Waals surface area contributed by atoms with Gasteiger partial charge < -0.3 is 10.1 Å². The Bertz CT molecular complexity index is 566. The van der Waals surface area contributed by atoms with Crippen LogP contribution in [0.25, 0.3) is 0 Å². The van der Waals surface area contributed by atoms with Gasteiger partial charge in [-0.05, 0) is 54.4 Å². The quantitative estimate of drug-likeness (QED) is 0.871. The summed E-state index contributed by atoms with van der Waals surface area (Å²) in [6.07, 6.45) is 0. The van der Waals surface area contributed by atoms with E-state index in [-0.39, 0.29) is 6.04 Å². The second-order valence-corrected chi connectivity index (χ2v) is 5.68. The molecule has 0 radical (unpaired) electrons. The molecule has 0 aromatic heterocycles. The Morgan fingerprint density at radius 2 is 1.85 bits per heavy atom. The van der Waals surface area contributed by atoms with Crippen molar-refractivity contribution in [3.63, 3.8) is 0 Å². The van der Waals surface area contributed by atoms with E-state index in [9.17, 15) is 0 Å². The van der Waals surface area contributed by atoms with E-state index in [1.165, 1.54) is 16.7 Å². The average Bonchev–Trinajstić information content (AvgIpc) is 2.48. The Morgan fingerprint density at radius 1 is 1.15 bits per heavy atom. The van der Waals surface area contributed by atoms with Gasteiger partial charge in [0, 0.05) is 4.47 Å². The van der Waals surface area contributed by atoms with Crippen LogP contribution in [0.4, 0.5) is 0 Å². The molecule has 1 unspecified atom stereocenters. The van der Waals surface area contributed by atoms with E-state index in [0.717, 1.165) is 16.8 Å². The second kappa shape index (κ2) is 6.91. The van der Waals surface area contributed by atoms with E-state index in [0.29, 0.717) is 0 Å². The first-order valence-corrected chi connectivity index (χ1v) is 7.58. The van der Waals surface area contributed by atoms with Crippen molar-refractivity contribution in [1.29, 1.82) is 0 Å². The molecule has 0 heterocycles. The molecule has 0 aliphatic rings. The molecule has 2 aromatic carbocycles. The third-order valence-corrected chi connectivity index (χ3v) is 3.90. The highest BCUT2D eigenvalue weighted by Crippen LogP contribution is 2.28. The van der Waals surface area contributed by atoms with Gasteiger partial charge in [0.1, 0.15) is 5.75 Å². The summed E-state index contributed by atoms with van der Waals surface area (Å²) >= 11 is 3.56. The summed E-state index contributed by atoms with van der Waals surface area (Å²) in [5.41, 5.74) is 3.83. The monoisotopic (exact) mass is 333 g/mol. The number of ether oxygens (including phenoxy) is 1. The molecule has 0 saturated carbocycles. The normalized spacial score (nSPS) is 12.2. The van der Waals surface area contributed by atoms with Gasteiger partial charge >= 0.3 is 0 Å². The van der Waals surface area contributed by atoms with Crippen molar-refractivity contribution in [1.82, 2.24) is 5.32 Å². The summed E-state index contributed by atoms with van der Waals surface area (Å²) in [4.78, 5) is 0. The summed E-state index contributed by atoms with van der Waals surface area (Å²) < 4.78 is 6.34. The van der Waals surface area contributed by atoms with Crippen LogP contribution in [0.3, 0.4) is 0 Å². The lowest BCUT2D eigenvalue weighted by Crippen LogP contribution is -2.22. The van der Waals surface area contributed by atoms with E-state index in [1.807, 2.05) is 12.1 Å². The van der Waals surface area contributed by atoms with Crippen LogP contribution in [0.15, 0.2) is 46.9 Å². The number of aryl methyl sites for hydroxylation is 1. The lowest BCUT2D eigenvalue weighted by Gasteiger charge is -2.21. The van der Waals surface area contributed by atoms with Gasteiger partial charge in [-0.1, -0.05) is 41.1 Å². The molecular weight excluding hydrogens is 314 g/mol. The molecule has 0 bridgehead atoms. The Labute approximate surface area is 129 Å². The maximum Gasteiger partial charge on any atom is 0.118 e. The van der Waals surface area contributed by atoms with E-state index in [4.69, 9.17) is 4.74 Å². The fourth-order valence-electron chi connectivity index (χ4n) is 2.33. The fraction of sp³-hybridized carbons (Fsp3) is 0.294. The van der Waals surface area contributed by atoms with Gasteiger partial charge in [-0.15, -0.1) is 0 Å². The SMILES string of the molecule is CCNC(c1ccc(OC)cc1)c1cc(Br)ccc1C. The summed E-state index contributed by atoms with van der Waals surface area (Å²) in [6.45, 7) is 5.20. The molecule has 1 atom stereocenters. The van der Waals surface area contributed by atoms with Crippen LogP contribution in [-0.2, 0) is 0 Å². The third kappa shape index (κ3) is 3.41. The number of hydrogen-bond acceptors (Lipinski definition) is 2. The molecule has 0 aliphatic heterocycles. The molecule has 2 rings (SSSR count). The number of nitrogens with one attached hydrogen (secondary N) is 1. The van der Waals surface area contributed by atoms with Crippen LogP contribution < -0.4 is 10.1 Å². The molecule has 0 spiro atoms. The molecule has 0 fully saturated rings. The molecule has 0 amide bonds. The highest BCUT2D eigenvalue weighted by Gasteiger charge is 2.15. The Kier molecular flexibility index (Phi) is 5.21. The van der Waals surface area contributed by atoms with Crippen molar-refractivity contribution >= 4 is 15.9 Å². The minimum absolute atomic E-state index is 0.198. The van der Waals surface area contributed by atoms with Crippen LogP contribution in [0, 0.1) is 6.92 Å². The minimum Gasteiger partial charge on any atom is -0.497 e. The zero-order valence-electron chi connectivity index (χ0n) is 12.1. The van der Waals surface area contributed by atoms with Crippen LogP contribution in [0.2, 0.25) is 0 Å². The van der Waals surface area contributed by atoms with Gasteiger partial charge in [-0.2, -0.15) is 0 Å². The number of hydrogen-bond donors (Lipinski definition) is 1. The largest absolute Gasteiger partial charge is 0.497 e. The predicted octanol–water partition coefficient (Wildman–Crippen LogP) is 4.47. The Morgan fingerprint density at radius 3 is 2.45 bits per heavy atom. The first-order valence-electron chi connectivity index (χ1n) is 6.79. The Balaban J connectivity index is 2.41. The van der Waals surface area contributed by atoms with E-state index in [1.54, 1.807) is 7.11 Å². The van der Waals surface area contributed by atoms with Gasteiger partial charge in [-0.25, -0.2) is 0 Å². The second-order valence-electron chi connectivity index (χ2n) is 4.76. The molecule has 2 aromatic rings. The van der Waals surface area contributed by atoms with Crippen molar-refractivity contribution in [2.24, 2.45) is 0 Å². The van der Waals surface area contributed by atoms with Crippen LogP contribution in [0.5, 0.6) is 5.75 Å². The third-order valence-electron chi connectivity index (χ3n) is 3.41. The molecule has 2 nitrogen and oxygen atoms in total. The van der Waals surface area contributed by atoms with Gasteiger partial charge in [0.15, 0.2) is 0 Å². The summed E-state index contributed by atoms with van der Waals surface area (Å²) in [5, 5.41) is 3.56. The van der Waals surface area contributed by atoms with Gasteiger partial charge in [0.2, 0.25) is 0 Å². The lowest BCUT2D eigenvalue weighted by atomic mass is 9.95. The summed E-state index contributed by atoms with van der Waals surface area (Å²) in [7, 11) is 1.69. The highest BCUT2D eigenvalue weighted by atomic mass is 79.9. The smallest absolute Gasteiger partial charge is 0.118 e. The standard InChI is InChI=1S/C17H20BrNO/c1-4-19-17(13-6-9-15(20-3)10-7-13)16-11-14(18)8-5-12(16)2/h5-11,17,19H,4H2,1-3H3. The molecule has 3 heteroatoms. The zero-order chi connectivity index (χ0) is 14.5. The number of methoxy groups -OCH3 is 1. The van der Waals surface area contributed by atoms with E-state index in [2.05, 4.69) is 65.4 Å². The van der Waals surface area contributed by atoms with Crippen molar-refractivity contribution in [3.05, 3.63) is 63.6 Å². The number of halogens is 1. The first-order chi connectivity index (χ1) is 9.65. The van der Waals surface area contributed by atoms with Gasteiger partial charge in [-0.3, -0.25) is 0 Å².